The molecule has 0 bridgehead atoms. The molecule has 0 radical (unpaired) electrons. The summed E-state index contributed by atoms with van der Waals surface area (Å²) in [6, 6.07) is 0. The van der Waals surface area contributed by atoms with Crippen LogP contribution >= 0.6 is 0 Å². The van der Waals surface area contributed by atoms with Gasteiger partial charge >= 0.3 is 5.97 Å². The van der Waals surface area contributed by atoms with E-state index in [4.69, 9.17) is 0 Å². The molecular formula is C29H44O6. The number of hydrogen-bond donors (Lipinski definition) is 4. The first-order valence-electron chi connectivity index (χ1n) is 13.4. The number of allylic oxidation sites excluding steroid dienone is 1. The molecule has 2 fully saturated rings. The lowest BCUT2D eigenvalue weighted by atomic mass is 9.47. The first-order valence-corrected chi connectivity index (χ1v) is 13.4. The monoisotopic (exact) mass is 488 g/mol. The Morgan fingerprint density at radius 2 is 1.80 bits per heavy atom. The second kappa shape index (κ2) is 8.81. The third-order valence-corrected chi connectivity index (χ3v) is 11.0. The first-order chi connectivity index (χ1) is 16.2. The zero-order chi connectivity index (χ0) is 26.1. The van der Waals surface area contributed by atoms with E-state index in [9.17, 15) is 30.0 Å². The van der Waals surface area contributed by atoms with Gasteiger partial charge < -0.3 is 20.4 Å². The molecule has 0 spiro atoms. The summed E-state index contributed by atoms with van der Waals surface area (Å²) in [6.07, 6.45) is 3.68. The summed E-state index contributed by atoms with van der Waals surface area (Å²) in [5.74, 6) is -0.914. The van der Waals surface area contributed by atoms with E-state index in [1.165, 1.54) is 0 Å². The Morgan fingerprint density at radius 1 is 1.14 bits per heavy atom. The number of aliphatic hydroxyl groups excluding tert-OH is 2. The van der Waals surface area contributed by atoms with Crippen molar-refractivity contribution in [3.05, 3.63) is 23.3 Å². The van der Waals surface area contributed by atoms with Crippen LogP contribution in [0.15, 0.2) is 23.3 Å². The lowest BCUT2D eigenvalue weighted by Gasteiger charge is -2.59. The van der Waals surface area contributed by atoms with Crippen molar-refractivity contribution in [3.8, 4) is 0 Å². The highest BCUT2D eigenvalue weighted by atomic mass is 16.4. The SMILES string of the molecule is C=C(CC[C@@H](C)[C@H]1CC[C@H]2C3=C(C(=O)C[C@]12C)[C@@]1(C)CCC(O)[C@](C)(O)C1CC3O)C(C)C(=O)O. The minimum absolute atomic E-state index is 0.0974. The predicted octanol–water partition coefficient (Wildman–Crippen LogP) is 4.27. The standard InChI is InChI=1S/C29H44O6/c1-15(17(3)26(33)34)7-8-16(2)18-9-10-19-24-20(30)13-22-27(4,12-11-23(32)29(22,6)35)25(24)21(31)14-28(18,19)5/h16-20,22-23,30,32,35H,1,7-14H2,2-6H3,(H,33,34)/t16-,17?,18-,19+,20?,22?,23?,27+,28-,29-/m1/s1. The summed E-state index contributed by atoms with van der Waals surface area (Å²) < 4.78 is 0. The summed E-state index contributed by atoms with van der Waals surface area (Å²) in [5, 5.41) is 42.4. The van der Waals surface area contributed by atoms with Crippen LogP contribution in [0.5, 0.6) is 0 Å². The van der Waals surface area contributed by atoms with Gasteiger partial charge in [0.2, 0.25) is 0 Å². The maximum atomic E-state index is 13.9. The molecule has 0 aromatic heterocycles. The fraction of sp³-hybridized carbons (Fsp3) is 0.793. The topological polar surface area (TPSA) is 115 Å². The maximum absolute atomic E-state index is 13.9. The molecule has 0 saturated heterocycles. The van der Waals surface area contributed by atoms with Crippen LogP contribution in [-0.4, -0.2) is 50.0 Å². The number of carboxylic acids is 1. The highest BCUT2D eigenvalue weighted by Crippen LogP contribution is 2.66. The second-order valence-electron chi connectivity index (χ2n) is 12.9. The number of carboxylic acid groups (broad SMARTS) is 1. The van der Waals surface area contributed by atoms with Crippen molar-refractivity contribution in [2.45, 2.75) is 104 Å². The molecule has 4 N–H and O–H groups in total. The van der Waals surface area contributed by atoms with Crippen molar-refractivity contribution in [1.82, 2.24) is 0 Å². The third-order valence-electron chi connectivity index (χ3n) is 11.0. The van der Waals surface area contributed by atoms with Crippen molar-refractivity contribution >= 4 is 11.8 Å². The van der Waals surface area contributed by atoms with Crippen molar-refractivity contribution in [2.24, 2.45) is 40.4 Å². The molecule has 35 heavy (non-hydrogen) atoms. The van der Waals surface area contributed by atoms with E-state index in [1.807, 2.05) is 0 Å². The van der Waals surface area contributed by atoms with Gasteiger partial charge in [-0.15, -0.1) is 0 Å². The summed E-state index contributed by atoms with van der Waals surface area (Å²) in [5.41, 5.74) is 0.277. The van der Waals surface area contributed by atoms with E-state index >= 15 is 0 Å². The zero-order valence-electron chi connectivity index (χ0n) is 22.0. The van der Waals surface area contributed by atoms with Gasteiger partial charge in [0, 0.05) is 23.3 Å². The van der Waals surface area contributed by atoms with Gasteiger partial charge in [-0.25, -0.2) is 0 Å². The fourth-order valence-electron chi connectivity index (χ4n) is 8.71. The van der Waals surface area contributed by atoms with Gasteiger partial charge in [0.25, 0.3) is 0 Å². The maximum Gasteiger partial charge on any atom is 0.310 e. The average molecular weight is 489 g/mol. The molecule has 0 amide bonds. The molecule has 10 atom stereocenters. The van der Waals surface area contributed by atoms with Gasteiger partial charge in [-0.1, -0.05) is 32.9 Å². The minimum Gasteiger partial charge on any atom is -0.481 e. The van der Waals surface area contributed by atoms with Gasteiger partial charge in [0.15, 0.2) is 5.78 Å². The van der Waals surface area contributed by atoms with Crippen LogP contribution in [0, 0.1) is 40.4 Å². The lowest BCUT2D eigenvalue weighted by Crippen LogP contribution is -2.61. The molecular weight excluding hydrogens is 444 g/mol. The van der Waals surface area contributed by atoms with E-state index in [-0.39, 0.29) is 23.0 Å². The summed E-state index contributed by atoms with van der Waals surface area (Å²) >= 11 is 0. The molecule has 4 aliphatic rings. The number of carbonyl (C=O) groups is 2. The largest absolute Gasteiger partial charge is 0.481 e. The van der Waals surface area contributed by atoms with Crippen molar-refractivity contribution in [3.63, 3.8) is 0 Å². The van der Waals surface area contributed by atoms with Gasteiger partial charge in [-0.2, -0.15) is 0 Å². The van der Waals surface area contributed by atoms with Gasteiger partial charge in [-0.05, 0) is 87.5 Å². The molecule has 0 heterocycles. The van der Waals surface area contributed by atoms with Gasteiger partial charge in [-0.3, -0.25) is 9.59 Å². The Morgan fingerprint density at radius 3 is 2.43 bits per heavy atom. The minimum atomic E-state index is -1.34. The predicted molar refractivity (Wildman–Crippen MR) is 133 cm³/mol. The lowest BCUT2D eigenvalue weighted by molar-refractivity contribution is -0.174. The highest BCUT2D eigenvalue weighted by Gasteiger charge is 2.63. The van der Waals surface area contributed by atoms with Crippen LogP contribution in [0.4, 0.5) is 0 Å². The zero-order valence-corrected chi connectivity index (χ0v) is 22.0. The van der Waals surface area contributed by atoms with Crippen LogP contribution in [0.3, 0.4) is 0 Å². The normalized spacial score (nSPS) is 44.8. The summed E-state index contributed by atoms with van der Waals surface area (Å²) in [6.45, 7) is 13.8. The van der Waals surface area contributed by atoms with Crippen LogP contribution in [-0.2, 0) is 9.59 Å². The highest BCUT2D eigenvalue weighted by molar-refractivity contribution is 5.99. The fourth-order valence-corrected chi connectivity index (χ4v) is 8.71. The van der Waals surface area contributed by atoms with E-state index in [0.717, 1.165) is 36.0 Å². The van der Waals surface area contributed by atoms with Crippen LogP contribution < -0.4 is 0 Å². The Balaban J connectivity index is 1.62. The second-order valence-corrected chi connectivity index (χ2v) is 12.9. The molecule has 6 nitrogen and oxygen atoms in total. The quantitative estimate of drug-likeness (QED) is 0.415. The van der Waals surface area contributed by atoms with E-state index in [0.29, 0.717) is 43.9 Å². The Labute approximate surface area is 209 Å². The molecule has 6 heteroatoms. The molecule has 196 valence electrons. The summed E-state index contributed by atoms with van der Waals surface area (Å²) in [7, 11) is 0. The summed E-state index contributed by atoms with van der Waals surface area (Å²) in [4.78, 5) is 25.2. The van der Waals surface area contributed by atoms with Crippen molar-refractivity contribution in [1.29, 1.82) is 0 Å². The van der Waals surface area contributed by atoms with E-state index < -0.39 is 35.1 Å². The molecule has 2 saturated carbocycles. The number of Topliss-reactive ketones (excluding diaryl/α,β-unsaturated/α-hetero) is 1. The Bertz CT molecular complexity index is 949. The van der Waals surface area contributed by atoms with E-state index in [1.54, 1.807) is 13.8 Å². The van der Waals surface area contributed by atoms with Crippen LogP contribution in [0.2, 0.25) is 0 Å². The van der Waals surface area contributed by atoms with Crippen LogP contribution in [0.1, 0.15) is 86.0 Å². The van der Waals surface area contributed by atoms with Crippen LogP contribution in [0.25, 0.3) is 0 Å². The number of hydrogen-bond acceptors (Lipinski definition) is 5. The van der Waals surface area contributed by atoms with Crippen molar-refractivity contribution < 1.29 is 30.0 Å². The van der Waals surface area contributed by atoms with Crippen molar-refractivity contribution in [2.75, 3.05) is 0 Å². The molecule has 0 aliphatic heterocycles. The smallest absolute Gasteiger partial charge is 0.310 e. The number of aliphatic carboxylic acids is 1. The molecule has 4 aliphatic carbocycles. The number of rotatable bonds is 6. The Hall–Kier alpha value is -1.50. The Kier molecular flexibility index (Phi) is 6.69. The molecule has 0 aromatic carbocycles. The third kappa shape index (κ3) is 3.95. The molecule has 0 aromatic rings. The number of ketones is 1. The number of carbonyl (C=O) groups excluding carboxylic acids is 1. The molecule has 4 rings (SSSR count). The number of fused-ring (bicyclic) bond motifs is 4. The first kappa shape index (κ1) is 26.6. The number of aliphatic hydroxyl groups is 3. The van der Waals surface area contributed by atoms with Gasteiger partial charge in [0.05, 0.1) is 23.7 Å². The van der Waals surface area contributed by atoms with Gasteiger partial charge in [0.1, 0.15) is 0 Å². The molecule has 4 unspecified atom stereocenters. The average Bonchev–Trinajstić information content (AvgIpc) is 3.12. The van der Waals surface area contributed by atoms with E-state index in [2.05, 4.69) is 27.4 Å².